The van der Waals surface area contributed by atoms with Crippen molar-refractivity contribution in [3.63, 3.8) is 0 Å². The topological polar surface area (TPSA) is 94.7 Å². The Morgan fingerprint density at radius 2 is 1.80 bits per heavy atom. The van der Waals surface area contributed by atoms with E-state index in [-0.39, 0.29) is 5.91 Å². The minimum Gasteiger partial charge on any atom is -0.384 e. The van der Waals surface area contributed by atoms with Gasteiger partial charge in [0, 0.05) is 66.2 Å². The number of aryl methyl sites for hydroxylation is 1. The number of nitrogens with zero attached hydrogens (tertiary/aromatic N) is 2. The predicted molar refractivity (Wildman–Crippen MR) is 163 cm³/mol. The third kappa shape index (κ3) is 7.05. The molecular formula is C32H33ClN6O. The highest BCUT2D eigenvalue weighted by molar-refractivity contribution is 6.33. The maximum absolute atomic E-state index is 12.3. The fraction of sp³-hybridized carbons (Fsp3) is 0.219. The number of amides is 1. The summed E-state index contributed by atoms with van der Waals surface area (Å²) in [5.74, 6) is 0.0391. The number of pyridine rings is 1. The maximum Gasteiger partial charge on any atom is 0.221 e. The molecule has 4 N–H and O–H groups in total. The molecule has 5 rings (SSSR count). The van der Waals surface area contributed by atoms with E-state index in [9.17, 15) is 4.79 Å². The Balaban J connectivity index is 1.03. The van der Waals surface area contributed by atoms with Crippen molar-refractivity contribution >= 4 is 34.1 Å². The van der Waals surface area contributed by atoms with Crippen LogP contribution in [0.15, 0.2) is 85.2 Å². The molecule has 0 spiro atoms. The first-order chi connectivity index (χ1) is 19.6. The Labute approximate surface area is 239 Å². The van der Waals surface area contributed by atoms with Gasteiger partial charge < -0.3 is 16.0 Å². The number of carbonyl (C=O) groups excluding carboxylic acids is 1. The third-order valence-corrected chi connectivity index (χ3v) is 7.07. The minimum absolute atomic E-state index is 0.0391. The summed E-state index contributed by atoms with van der Waals surface area (Å²) in [4.78, 5) is 16.6. The molecule has 0 fully saturated rings. The molecule has 7 nitrogen and oxygen atoms in total. The van der Waals surface area contributed by atoms with Crippen LogP contribution in [0.25, 0.3) is 33.2 Å². The van der Waals surface area contributed by atoms with Crippen molar-refractivity contribution in [3.8, 4) is 22.3 Å². The lowest BCUT2D eigenvalue weighted by Crippen LogP contribution is -2.29. The molecule has 8 heteroatoms. The number of benzene rings is 3. The van der Waals surface area contributed by atoms with E-state index in [4.69, 9.17) is 11.6 Å². The van der Waals surface area contributed by atoms with Gasteiger partial charge in [-0.3, -0.25) is 14.9 Å². The van der Waals surface area contributed by atoms with Gasteiger partial charge in [-0.1, -0.05) is 54.1 Å². The van der Waals surface area contributed by atoms with Crippen molar-refractivity contribution in [1.82, 2.24) is 25.8 Å². The van der Waals surface area contributed by atoms with Crippen molar-refractivity contribution in [2.75, 3.05) is 25.0 Å². The van der Waals surface area contributed by atoms with Crippen molar-refractivity contribution in [3.05, 3.63) is 101 Å². The molecule has 0 saturated carbocycles. The number of carbonyl (C=O) groups is 1. The smallest absolute Gasteiger partial charge is 0.221 e. The highest BCUT2D eigenvalue weighted by Gasteiger charge is 2.09. The zero-order valence-corrected chi connectivity index (χ0v) is 23.3. The molecule has 5 aromatic rings. The second kappa shape index (κ2) is 13.2. The van der Waals surface area contributed by atoms with E-state index in [0.29, 0.717) is 26.1 Å². The normalized spacial score (nSPS) is 11.1. The average Bonchev–Trinajstić information content (AvgIpc) is 3.45. The summed E-state index contributed by atoms with van der Waals surface area (Å²) in [6, 6.07) is 24.5. The first-order valence-corrected chi connectivity index (χ1v) is 13.9. The molecule has 0 saturated heterocycles. The van der Waals surface area contributed by atoms with Gasteiger partial charge in [0.1, 0.15) is 0 Å². The minimum atomic E-state index is 0.0391. The number of nitrogens with one attached hydrogen (secondary N) is 4. The number of anilines is 1. The molecule has 2 aromatic heterocycles. The lowest BCUT2D eigenvalue weighted by Gasteiger charge is -2.11. The summed E-state index contributed by atoms with van der Waals surface area (Å²) in [6.45, 7) is 4.59. The van der Waals surface area contributed by atoms with E-state index in [1.807, 2.05) is 67.8 Å². The third-order valence-electron chi connectivity index (χ3n) is 6.76. The van der Waals surface area contributed by atoms with Crippen LogP contribution in [0.3, 0.4) is 0 Å². The summed E-state index contributed by atoms with van der Waals surface area (Å²) in [5.41, 5.74) is 8.39. The summed E-state index contributed by atoms with van der Waals surface area (Å²) in [6.07, 6.45) is 4.89. The van der Waals surface area contributed by atoms with Crippen LogP contribution in [0.4, 0.5) is 5.69 Å². The lowest BCUT2D eigenvalue weighted by atomic mass is 10.0. The second-order valence-corrected chi connectivity index (χ2v) is 10.2. The molecule has 2 heterocycles. The number of hydrogen-bond acceptors (Lipinski definition) is 5. The van der Waals surface area contributed by atoms with Gasteiger partial charge in [0.05, 0.1) is 11.7 Å². The largest absolute Gasteiger partial charge is 0.384 e. The van der Waals surface area contributed by atoms with Gasteiger partial charge >= 0.3 is 0 Å². The number of rotatable bonds is 12. The molecule has 3 aromatic carbocycles. The number of fused-ring (bicyclic) bond motifs is 1. The molecule has 0 radical (unpaired) electrons. The molecule has 1 amide bonds. The molecule has 0 unspecified atom stereocenters. The van der Waals surface area contributed by atoms with Gasteiger partial charge in [-0.25, -0.2) is 0 Å². The van der Waals surface area contributed by atoms with Gasteiger partial charge in [0.15, 0.2) is 0 Å². The first-order valence-electron chi connectivity index (χ1n) is 13.5. The number of aromatic nitrogens is 3. The van der Waals surface area contributed by atoms with Gasteiger partial charge in [-0.05, 0) is 65.9 Å². The van der Waals surface area contributed by atoms with Crippen LogP contribution in [-0.2, 0) is 11.3 Å². The molecule has 0 atom stereocenters. The van der Waals surface area contributed by atoms with Crippen molar-refractivity contribution in [2.24, 2.45) is 0 Å². The Morgan fingerprint density at radius 3 is 2.62 bits per heavy atom. The van der Waals surface area contributed by atoms with Crippen molar-refractivity contribution < 1.29 is 4.79 Å². The summed E-state index contributed by atoms with van der Waals surface area (Å²) < 4.78 is 0. The Bertz CT molecular complexity index is 1580. The van der Waals surface area contributed by atoms with Crippen LogP contribution in [0.2, 0.25) is 5.02 Å². The van der Waals surface area contributed by atoms with Crippen molar-refractivity contribution in [1.29, 1.82) is 0 Å². The van der Waals surface area contributed by atoms with E-state index < -0.39 is 0 Å². The number of halogens is 1. The van der Waals surface area contributed by atoms with E-state index >= 15 is 0 Å². The monoisotopic (exact) mass is 552 g/mol. The van der Waals surface area contributed by atoms with Crippen LogP contribution in [0.5, 0.6) is 0 Å². The predicted octanol–water partition coefficient (Wildman–Crippen LogP) is 6.35. The van der Waals surface area contributed by atoms with Gasteiger partial charge in [0.25, 0.3) is 0 Å². The average molecular weight is 553 g/mol. The molecular weight excluding hydrogens is 520 g/mol. The fourth-order valence-electron chi connectivity index (χ4n) is 4.67. The summed E-state index contributed by atoms with van der Waals surface area (Å²) in [7, 11) is 0. The lowest BCUT2D eigenvalue weighted by molar-refractivity contribution is -0.120. The zero-order valence-electron chi connectivity index (χ0n) is 22.5. The molecule has 0 aliphatic rings. The van der Waals surface area contributed by atoms with E-state index in [2.05, 4.69) is 55.4 Å². The molecule has 0 aliphatic carbocycles. The molecule has 0 aliphatic heterocycles. The number of aromatic amines is 1. The highest BCUT2D eigenvalue weighted by atomic mass is 35.5. The first kappa shape index (κ1) is 27.4. The Morgan fingerprint density at radius 1 is 0.925 bits per heavy atom. The number of hydrogen-bond donors (Lipinski definition) is 4. The van der Waals surface area contributed by atoms with Crippen LogP contribution in [-0.4, -0.2) is 40.7 Å². The highest BCUT2D eigenvalue weighted by Crippen LogP contribution is 2.30. The molecule has 0 bridgehead atoms. The van der Waals surface area contributed by atoms with E-state index in [0.717, 1.165) is 68.1 Å². The second-order valence-electron chi connectivity index (χ2n) is 9.78. The van der Waals surface area contributed by atoms with E-state index in [1.165, 1.54) is 0 Å². The van der Waals surface area contributed by atoms with Gasteiger partial charge in [0.2, 0.25) is 5.91 Å². The standard InChI is InChI=1S/C32H33ClN6O/c1-22-16-25(10-15-35-22)26-18-30(28-21-38-39-31(28)19-26)36-12-5-13-37-32(40)11-14-34-20-23-8-9-27(29(33)17-23)24-6-3-2-4-7-24/h2-4,6-10,15-19,21,34,36H,5,11-14,20H2,1H3,(H,37,40)(H,38,39). The quantitative estimate of drug-likeness (QED) is 0.135. The SMILES string of the molecule is Cc1cc(-c2cc(NCCCNC(=O)CCNCc3ccc(-c4ccccc4)c(Cl)c3)c3cn[nH]c3c2)ccn1. The van der Waals surface area contributed by atoms with Gasteiger partial charge in [-0.15, -0.1) is 0 Å². The molecule has 40 heavy (non-hydrogen) atoms. The summed E-state index contributed by atoms with van der Waals surface area (Å²) in [5, 5.41) is 18.9. The Hall–Kier alpha value is -4.20. The Kier molecular flexibility index (Phi) is 9.06. The van der Waals surface area contributed by atoms with Crippen LogP contribution < -0.4 is 16.0 Å². The zero-order chi connectivity index (χ0) is 27.7. The number of H-pyrrole nitrogens is 1. The van der Waals surface area contributed by atoms with Crippen molar-refractivity contribution in [2.45, 2.75) is 26.3 Å². The van der Waals surface area contributed by atoms with Crippen LogP contribution >= 0.6 is 11.6 Å². The van der Waals surface area contributed by atoms with Crippen LogP contribution in [0, 0.1) is 6.92 Å². The summed E-state index contributed by atoms with van der Waals surface area (Å²) >= 11 is 6.51. The van der Waals surface area contributed by atoms with Crippen LogP contribution in [0.1, 0.15) is 24.1 Å². The molecule has 204 valence electrons. The fourth-order valence-corrected chi connectivity index (χ4v) is 4.98. The van der Waals surface area contributed by atoms with Gasteiger partial charge in [-0.2, -0.15) is 5.10 Å². The van der Waals surface area contributed by atoms with E-state index in [1.54, 1.807) is 0 Å². The maximum atomic E-state index is 12.3.